The highest BCUT2D eigenvalue weighted by Gasteiger charge is 2.44. The number of hydrogen-bond acceptors (Lipinski definition) is 4. The van der Waals surface area contributed by atoms with E-state index in [1.165, 1.54) is 9.80 Å². The largest absolute Gasteiger partial charge is 0.395 e. The van der Waals surface area contributed by atoms with Gasteiger partial charge in [-0.05, 0) is 13.8 Å². The van der Waals surface area contributed by atoms with Crippen LogP contribution in [0, 0.1) is 0 Å². The number of carbonyl (C=O) groups excluding carboxylic acids is 2. The molecular weight excluding hydrogens is 212 g/mol. The SMILES string of the molecule is CC1(C)C(=O)N(CCO)CC(=O)N1CCO. The van der Waals surface area contributed by atoms with Crippen LogP contribution < -0.4 is 0 Å². The van der Waals surface area contributed by atoms with Crippen LogP contribution in [0.1, 0.15) is 13.8 Å². The van der Waals surface area contributed by atoms with Gasteiger partial charge in [0, 0.05) is 13.1 Å². The van der Waals surface area contributed by atoms with Gasteiger partial charge in [-0.2, -0.15) is 0 Å². The molecule has 0 saturated carbocycles. The first kappa shape index (κ1) is 12.9. The van der Waals surface area contributed by atoms with Crippen molar-refractivity contribution in [3.8, 4) is 0 Å². The lowest BCUT2D eigenvalue weighted by Crippen LogP contribution is -2.66. The van der Waals surface area contributed by atoms with Crippen molar-refractivity contribution in [2.24, 2.45) is 0 Å². The zero-order valence-corrected chi connectivity index (χ0v) is 9.64. The van der Waals surface area contributed by atoms with Crippen LogP contribution >= 0.6 is 0 Å². The van der Waals surface area contributed by atoms with Gasteiger partial charge in [0.1, 0.15) is 5.54 Å². The van der Waals surface area contributed by atoms with Gasteiger partial charge >= 0.3 is 0 Å². The first-order chi connectivity index (χ1) is 7.45. The normalized spacial score (nSPS) is 20.5. The number of aliphatic hydroxyl groups excluding tert-OH is 2. The molecule has 2 N–H and O–H groups in total. The van der Waals surface area contributed by atoms with E-state index in [4.69, 9.17) is 10.2 Å². The molecule has 0 bridgehead atoms. The van der Waals surface area contributed by atoms with Gasteiger partial charge < -0.3 is 20.0 Å². The molecule has 1 aliphatic rings. The van der Waals surface area contributed by atoms with Crippen LogP contribution in [0.3, 0.4) is 0 Å². The molecule has 92 valence electrons. The number of aliphatic hydroxyl groups is 2. The molecule has 0 spiro atoms. The lowest BCUT2D eigenvalue weighted by Gasteiger charge is -2.45. The lowest BCUT2D eigenvalue weighted by molar-refractivity contribution is -0.163. The predicted octanol–water partition coefficient (Wildman–Crippen LogP) is -1.58. The van der Waals surface area contributed by atoms with Gasteiger partial charge in [0.15, 0.2) is 0 Å². The van der Waals surface area contributed by atoms with E-state index < -0.39 is 5.54 Å². The number of β-amino-alcohol motifs (C(OH)–C–C–N with tert-alkyl or cyclic N) is 2. The fourth-order valence-corrected chi connectivity index (χ4v) is 1.94. The van der Waals surface area contributed by atoms with Crippen molar-refractivity contribution in [3.05, 3.63) is 0 Å². The summed E-state index contributed by atoms with van der Waals surface area (Å²) in [6.07, 6.45) is 0. The highest BCUT2D eigenvalue weighted by atomic mass is 16.3. The minimum Gasteiger partial charge on any atom is -0.395 e. The molecule has 0 radical (unpaired) electrons. The fourth-order valence-electron chi connectivity index (χ4n) is 1.94. The predicted molar refractivity (Wildman–Crippen MR) is 56.5 cm³/mol. The Morgan fingerprint density at radius 3 is 2.25 bits per heavy atom. The molecular formula is C10H18N2O4. The topological polar surface area (TPSA) is 81.1 Å². The maximum atomic E-state index is 12.0. The second-order valence-electron chi connectivity index (χ2n) is 4.28. The van der Waals surface area contributed by atoms with Crippen LogP contribution in [0.2, 0.25) is 0 Å². The quantitative estimate of drug-likeness (QED) is 0.611. The Balaban J connectivity index is 2.88. The van der Waals surface area contributed by atoms with E-state index in [0.29, 0.717) is 0 Å². The van der Waals surface area contributed by atoms with Crippen LogP contribution in [-0.2, 0) is 9.59 Å². The molecule has 1 saturated heterocycles. The highest BCUT2D eigenvalue weighted by molar-refractivity contribution is 5.97. The van der Waals surface area contributed by atoms with Crippen LogP contribution in [-0.4, -0.2) is 70.2 Å². The second-order valence-corrected chi connectivity index (χ2v) is 4.28. The maximum absolute atomic E-state index is 12.0. The molecule has 0 aromatic heterocycles. The van der Waals surface area contributed by atoms with E-state index in [9.17, 15) is 9.59 Å². The smallest absolute Gasteiger partial charge is 0.248 e. The number of amides is 2. The average Bonchev–Trinajstić information content (AvgIpc) is 2.22. The van der Waals surface area contributed by atoms with Crippen LogP contribution in [0.4, 0.5) is 0 Å². The second kappa shape index (κ2) is 4.80. The highest BCUT2D eigenvalue weighted by Crippen LogP contribution is 2.22. The van der Waals surface area contributed by atoms with E-state index in [1.807, 2.05) is 0 Å². The summed E-state index contributed by atoms with van der Waals surface area (Å²) in [5, 5.41) is 17.7. The van der Waals surface area contributed by atoms with E-state index in [2.05, 4.69) is 0 Å². The van der Waals surface area contributed by atoms with Crippen molar-refractivity contribution in [2.45, 2.75) is 19.4 Å². The molecule has 6 nitrogen and oxygen atoms in total. The zero-order chi connectivity index (χ0) is 12.3. The molecule has 1 aliphatic heterocycles. The van der Waals surface area contributed by atoms with E-state index in [0.717, 1.165) is 0 Å². The Kier molecular flexibility index (Phi) is 3.88. The van der Waals surface area contributed by atoms with Gasteiger partial charge in [-0.3, -0.25) is 9.59 Å². The Morgan fingerprint density at radius 1 is 1.19 bits per heavy atom. The molecule has 1 rings (SSSR count). The molecule has 0 aliphatic carbocycles. The van der Waals surface area contributed by atoms with E-state index in [-0.39, 0.29) is 44.7 Å². The minimum absolute atomic E-state index is 0.0250. The Hall–Kier alpha value is -1.14. The van der Waals surface area contributed by atoms with E-state index >= 15 is 0 Å². The van der Waals surface area contributed by atoms with Gasteiger partial charge in [0.05, 0.1) is 19.8 Å². The number of piperazine rings is 1. The standard InChI is InChI=1S/C10H18N2O4/c1-10(2)9(16)11(3-5-13)7-8(15)12(10)4-6-14/h13-14H,3-7H2,1-2H3. The zero-order valence-electron chi connectivity index (χ0n) is 9.64. The van der Waals surface area contributed by atoms with Gasteiger partial charge in [-0.15, -0.1) is 0 Å². The molecule has 1 heterocycles. The van der Waals surface area contributed by atoms with Crippen molar-refractivity contribution in [2.75, 3.05) is 32.8 Å². The molecule has 0 aromatic carbocycles. The summed E-state index contributed by atoms with van der Waals surface area (Å²) >= 11 is 0. The first-order valence-corrected chi connectivity index (χ1v) is 5.26. The summed E-state index contributed by atoms with van der Waals surface area (Å²) in [4.78, 5) is 26.5. The van der Waals surface area contributed by atoms with Crippen molar-refractivity contribution < 1.29 is 19.8 Å². The van der Waals surface area contributed by atoms with Gasteiger partial charge in [-0.25, -0.2) is 0 Å². The van der Waals surface area contributed by atoms with Crippen molar-refractivity contribution in [1.82, 2.24) is 9.80 Å². The molecule has 1 fully saturated rings. The van der Waals surface area contributed by atoms with Crippen molar-refractivity contribution >= 4 is 11.8 Å². The number of nitrogens with zero attached hydrogens (tertiary/aromatic N) is 2. The number of carbonyl (C=O) groups is 2. The molecule has 2 amide bonds. The molecule has 0 atom stereocenters. The van der Waals surface area contributed by atoms with Crippen LogP contribution in [0.5, 0.6) is 0 Å². The monoisotopic (exact) mass is 230 g/mol. The van der Waals surface area contributed by atoms with Crippen LogP contribution in [0.15, 0.2) is 0 Å². The van der Waals surface area contributed by atoms with Gasteiger partial charge in [-0.1, -0.05) is 0 Å². The first-order valence-electron chi connectivity index (χ1n) is 5.26. The van der Waals surface area contributed by atoms with E-state index in [1.54, 1.807) is 13.8 Å². The average molecular weight is 230 g/mol. The summed E-state index contributed by atoms with van der Waals surface area (Å²) in [5.74, 6) is -0.401. The van der Waals surface area contributed by atoms with Crippen LogP contribution in [0.25, 0.3) is 0 Å². The molecule has 6 heteroatoms. The number of hydrogen-bond donors (Lipinski definition) is 2. The lowest BCUT2D eigenvalue weighted by atomic mass is 9.97. The van der Waals surface area contributed by atoms with Gasteiger partial charge in [0.25, 0.3) is 0 Å². The van der Waals surface area contributed by atoms with Crippen molar-refractivity contribution in [1.29, 1.82) is 0 Å². The third kappa shape index (κ3) is 2.17. The summed E-state index contributed by atoms with van der Waals surface area (Å²) in [7, 11) is 0. The summed E-state index contributed by atoms with van der Waals surface area (Å²) in [5.41, 5.74) is -0.951. The Labute approximate surface area is 94.4 Å². The minimum atomic E-state index is -0.951. The maximum Gasteiger partial charge on any atom is 0.248 e. The summed E-state index contributed by atoms with van der Waals surface area (Å²) in [6, 6.07) is 0. The Bertz CT molecular complexity index is 291. The third-order valence-electron chi connectivity index (χ3n) is 2.81. The van der Waals surface area contributed by atoms with Gasteiger partial charge in [0.2, 0.25) is 11.8 Å². The summed E-state index contributed by atoms with van der Waals surface area (Å²) in [6.45, 7) is 3.27. The number of rotatable bonds is 4. The third-order valence-corrected chi connectivity index (χ3v) is 2.81. The summed E-state index contributed by atoms with van der Waals surface area (Å²) < 4.78 is 0. The molecule has 0 aromatic rings. The molecule has 0 unspecified atom stereocenters. The Morgan fingerprint density at radius 2 is 1.75 bits per heavy atom. The molecule has 16 heavy (non-hydrogen) atoms. The fraction of sp³-hybridized carbons (Fsp3) is 0.800. The van der Waals surface area contributed by atoms with Crippen molar-refractivity contribution in [3.63, 3.8) is 0 Å².